The second-order valence-electron chi connectivity index (χ2n) is 4.85. The molecule has 2 aliphatic rings. The van der Waals surface area contributed by atoms with Crippen molar-refractivity contribution in [2.24, 2.45) is 16.8 Å². The Bertz CT molecular complexity index is 302. The van der Waals surface area contributed by atoms with Crippen LogP contribution in [0, 0.1) is 23.2 Å². The summed E-state index contributed by atoms with van der Waals surface area (Å²) in [5.41, 5.74) is 0. The average Bonchev–Trinajstić information content (AvgIpc) is 2.73. The van der Waals surface area contributed by atoms with E-state index in [0.717, 1.165) is 44.4 Å². The minimum atomic E-state index is 0. The van der Waals surface area contributed by atoms with Gasteiger partial charge in [0.1, 0.15) is 0 Å². The normalized spacial score (nSPS) is 28.0. The van der Waals surface area contributed by atoms with Gasteiger partial charge < -0.3 is 10.2 Å². The molecule has 0 radical (unpaired) electrons. The fraction of sp³-hybridized carbons (Fsp3) is 0.833. The molecule has 0 spiro atoms. The Morgan fingerprint density at radius 1 is 1.41 bits per heavy atom. The molecular formula is C12H21IN4. The van der Waals surface area contributed by atoms with Crippen LogP contribution < -0.4 is 5.32 Å². The van der Waals surface area contributed by atoms with Crippen molar-refractivity contribution in [1.82, 2.24) is 10.2 Å². The van der Waals surface area contributed by atoms with Crippen molar-refractivity contribution >= 4 is 29.9 Å². The predicted molar refractivity (Wildman–Crippen MR) is 79.4 cm³/mol. The second kappa shape index (κ2) is 7.04. The summed E-state index contributed by atoms with van der Waals surface area (Å²) in [7, 11) is 2.07. The van der Waals surface area contributed by atoms with Gasteiger partial charge in [-0.3, -0.25) is 4.99 Å². The number of hydrogen-bond donors (Lipinski definition) is 1. The smallest absolute Gasteiger partial charge is 0.193 e. The highest BCUT2D eigenvalue weighted by Gasteiger charge is 2.21. The second-order valence-corrected chi connectivity index (χ2v) is 4.85. The van der Waals surface area contributed by atoms with Gasteiger partial charge in [-0.25, -0.2) is 0 Å². The number of hydrogen-bond acceptors (Lipinski definition) is 4. The van der Waals surface area contributed by atoms with Gasteiger partial charge in [0.2, 0.25) is 0 Å². The summed E-state index contributed by atoms with van der Waals surface area (Å²) in [6.07, 6.45) is 4.51. The molecule has 0 bridgehead atoms. The average molecular weight is 348 g/mol. The van der Waals surface area contributed by atoms with E-state index in [4.69, 9.17) is 5.26 Å². The molecule has 0 amide bonds. The van der Waals surface area contributed by atoms with Crippen molar-refractivity contribution in [2.45, 2.75) is 25.7 Å². The van der Waals surface area contributed by atoms with Crippen LogP contribution in [0.4, 0.5) is 0 Å². The van der Waals surface area contributed by atoms with Gasteiger partial charge in [-0.15, -0.1) is 24.0 Å². The lowest BCUT2D eigenvalue weighted by Crippen LogP contribution is -2.38. The van der Waals surface area contributed by atoms with E-state index in [2.05, 4.69) is 28.3 Å². The molecule has 1 aliphatic heterocycles. The van der Waals surface area contributed by atoms with E-state index in [9.17, 15) is 0 Å². The van der Waals surface area contributed by atoms with E-state index >= 15 is 0 Å². The van der Waals surface area contributed by atoms with Crippen LogP contribution in [0.1, 0.15) is 25.7 Å². The zero-order valence-corrected chi connectivity index (χ0v) is 12.7. The molecular weight excluding hydrogens is 327 g/mol. The van der Waals surface area contributed by atoms with Crippen molar-refractivity contribution in [3.8, 4) is 6.07 Å². The Balaban J connectivity index is 0.00000144. The third-order valence-corrected chi connectivity index (χ3v) is 3.64. The third-order valence-electron chi connectivity index (χ3n) is 3.64. The minimum absolute atomic E-state index is 0. The summed E-state index contributed by atoms with van der Waals surface area (Å²) in [4.78, 5) is 6.58. The van der Waals surface area contributed by atoms with Crippen LogP contribution in [-0.4, -0.2) is 37.5 Å². The van der Waals surface area contributed by atoms with E-state index < -0.39 is 0 Å². The Hall–Kier alpha value is -0.510. The molecule has 4 nitrogen and oxygen atoms in total. The quantitative estimate of drug-likeness (QED) is 0.775. The van der Waals surface area contributed by atoms with Crippen LogP contribution in [-0.2, 0) is 0 Å². The molecule has 5 heteroatoms. The fourth-order valence-electron chi connectivity index (χ4n) is 2.45. The standard InChI is InChI=1S/C12H20N4.HI/c1-16-7-6-14-12(16)15-9-11-4-2-10(8-13)3-5-11;/h10-11H,2-7,9H2,1H3,(H,14,15);1H. The third kappa shape index (κ3) is 4.02. The Kier molecular flexibility index (Phi) is 6.03. The fourth-order valence-corrected chi connectivity index (χ4v) is 2.45. The van der Waals surface area contributed by atoms with Crippen LogP contribution in [0.5, 0.6) is 0 Å². The largest absolute Gasteiger partial charge is 0.356 e. The van der Waals surface area contributed by atoms with Gasteiger partial charge in [-0.05, 0) is 31.6 Å². The van der Waals surface area contributed by atoms with E-state index in [1.807, 2.05) is 0 Å². The molecule has 1 N–H and O–H groups in total. The topological polar surface area (TPSA) is 51.4 Å². The SMILES string of the molecule is CN1CCN=C1NCC1CCC(C#N)CC1.I. The Morgan fingerprint density at radius 2 is 2.12 bits per heavy atom. The zero-order valence-electron chi connectivity index (χ0n) is 10.4. The number of likely N-dealkylation sites (N-methyl/N-ethyl adjacent to an activating group) is 1. The van der Waals surface area contributed by atoms with Gasteiger partial charge in [0, 0.05) is 26.1 Å². The maximum absolute atomic E-state index is 8.82. The molecule has 0 unspecified atom stereocenters. The van der Waals surface area contributed by atoms with Crippen molar-refractivity contribution in [1.29, 1.82) is 5.26 Å². The van der Waals surface area contributed by atoms with E-state index in [-0.39, 0.29) is 24.0 Å². The van der Waals surface area contributed by atoms with Crippen molar-refractivity contribution in [3.63, 3.8) is 0 Å². The predicted octanol–water partition coefficient (Wildman–Crippen LogP) is 1.83. The first kappa shape index (κ1) is 14.6. The first-order valence-corrected chi connectivity index (χ1v) is 6.18. The van der Waals surface area contributed by atoms with Crippen molar-refractivity contribution in [2.75, 3.05) is 26.7 Å². The molecule has 0 aromatic heterocycles. The first-order valence-electron chi connectivity index (χ1n) is 6.18. The lowest BCUT2D eigenvalue weighted by atomic mass is 9.83. The first-order chi connectivity index (χ1) is 7.79. The molecule has 17 heavy (non-hydrogen) atoms. The summed E-state index contributed by atoms with van der Waals surface area (Å²) in [6.45, 7) is 2.96. The van der Waals surface area contributed by atoms with Gasteiger partial charge in [0.05, 0.1) is 12.6 Å². The Labute approximate surface area is 120 Å². The van der Waals surface area contributed by atoms with Crippen LogP contribution >= 0.6 is 24.0 Å². The number of nitrogens with zero attached hydrogens (tertiary/aromatic N) is 3. The maximum atomic E-state index is 8.82. The highest BCUT2D eigenvalue weighted by atomic mass is 127. The van der Waals surface area contributed by atoms with Gasteiger partial charge in [-0.1, -0.05) is 0 Å². The summed E-state index contributed by atoms with van der Waals surface area (Å²) >= 11 is 0. The highest BCUT2D eigenvalue weighted by Crippen LogP contribution is 2.27. The van der Waals surface area contributed by atoms with Crippen LogP contribution in [0.3, 0.4) is 0 Å². The molecule has 0 aromatic rings. The monoisotopic (exact) mass is 348 g/mol. The summed E-state index contributed by atoms with van der Waals surface area (Å²) in [5.74, 6) is 2.08. The van der Waals surface area contributed by atoms with Crippen molar-refractivity contribution < 1.29 is 0 Å². The van der Waals surface area contributed by atoms with Gasteiger partial charge in [-0.2, -0.15) is 5.26 Å². The summed E-state index contributed by atoms with van der Waals surface area (Å²) in [6, 6.07) is 2.38. The molecule has 1 fully saturated rings. The highest BCUT2D eigenvalue weighted by molar-refractivity contribution is 14.0. The lowest BCUT2D eigenvalue weighted by molar-refractivity contribution is 0.312. The van der Waals surface area contributed by atoms with Gasteiger partial charge >= 0.3 is 0 Å². The van der Waals surface area contributed by atoms with Gasteiger partial charge in [0.25, 0.3) is 0 Å². The Morgan fingerprint density at radius 3 is 2.65 bits per heavy atom. The van der Waals surface area contributed by atoms with Gasteiger partial charge in [0.15, 0.2) is 5.96 Å². The number of halogens is 1. The van der Waals surface area contributed by atoms with Crippen LogP contribution in [0.15, 0.2) is 4.99 Å². The zero-order chi connectivity index (χ0) is 11.4. The minimum Gasteiger partial charge on any atom is -0.356 e. The van der Waals surface area contributed by atoms with E-state index in [1.165, 1.54) is 12.8 Å². The molecule has 96 valence electrons. The van der Waals surface area contributed by atoms with Crippen LogP contribution in [0.25, 0.3) is 0 Å². The lowest BCUT2D eigenvalue weighted by Gasteiger charge is -2.26. The molecule has 0 aromatic carbocycles. The molecule has 1 heterocycles. The molecule has 0 saturated heterocycles. The van der Waals surface area contributed by atoms with Crippen LogP contribution in [0.2, 0.25) is 0 Å². The number of aliphatic imine (C=N–C) groups is 1. The van der Waals surface area contributed by atoms with E-state index in [1.54, 1.807) is 0 Å². The number of nitriles is 1. The maximum Gasteiger partial charge on any atom is 0.193 e. The number of guanidine groups is 1. The summed E-state index contributed by atoms with van der Waals surface area (Å²) in [5, 5.41) is 12.3. The molecule has 0 atom stereocenters. The molecule has 2 rings (SSSR count). The van der Waals surface area contributed by atoms with Crippen molar-refractivity contribution in [3.05, 3.63) is 0 Å². The molecule has 1 saturated carbocycles. The number of nitrogens with one attached hydrogen (secondary N) is 1. The number of rotatable bonds is 2. The van der Waals surface area contributed by atoms with E-state index in [0.29, 0.717) is 5.92 Å². The molecule has 1 aliphatic carbocycles. The summed E-state index contributed by atoms with van der Waals surface area (Å²) < 4.78 is 0.